The van der Waals surface area contributed by atoms with Crippen LogP contribution in [0, 0.1) is 13.8 Å². The highest BCUT2D eigenvalue weighted by Gasteiger charge is 2.40. The third-order valence-corrected chi connectivity index (χ3v) is 6.47. The fourth-order valence-corrected chi connectivity index (χ4v) is 5.08. The van der Waals surface area contributed by atoms with E-state index in [1.807, 2.05) is 6.07 Å². The Hall–Kier alpha value is -1.67. The summed E-state index contributed by atoms with van der Waals surface area (Å²) in [6.07, 6.45) is 3.42. The lowest BCUT2D eigenvalue weighted by Crippen LogP contribution is -2.47. The van der Waals surface area contributed by atoms with Gasteiger partial charge in [-0.2, -0.15) is 9.40 Å². The van der Waals surface area contributed by atoms with Gasteiger partial charge in [0.2, 0.25) is 10.0 Å². The summed E-state index contributed by atoms with van der Waals surface area (Å²) < 4.78 is 32.5. The molecule has 22 heavy (non-hydrogen) atoms. The summed E-state index contributed by atoms with van der Waals surface area (Å²) in [4.78, 5) is 0.196. The molecule has 3 heterocycles. The molecule has 1 aliphatic rings. The second-order valence-electron chi connectivity index (χ2n) is 6.13. The molecule has 1 atom stereocenters. The number of nitrogens with one attached hydrogen (secondary N) is 1. The molecule has 0 bridgehead atoms. The average molecular weight is 324 g/mol. The molecule has 1 saturated heterocycles. The van der Waals surface area contributed by atoms with Crippen LogP contribution in [-0.4, -0.2) is 41.2 Å². The number of aryl methyl sites for hydroxylation is 2. The van der Waals surface area contributed by atoms with Gasteiger partial charge in [0.25, 0.3) is 0 Å². The van der Waals surface area contributed by atoms with Gasteiger partial charge < -0.3 is 4.52 Å². The van der Waals surface area contributed by atoms with Gasteiger partial charge in [0, 0.05) is 30.4 Å². The highest BCUT2D eigenvalue weighted by Crippen LogP contribution is 2.35. The molecule has 7 nitrogen and oxygen atoms in total. The number of hydrogen-bond acceptors (Lipinski definition) is 5. The molecule has 3 rings (SSSR count). The first kappa shape index (κ1) is 15.2. The topological polar surface area (TPSA) is 92.1 Å². The van der Waals surface area contributed by atoms with Gasteiger partial charge in [-0.05, 0) is 32.8 Å². The fraction of sp³-hybridized carbons (Fsp3) is 0.571. The highest BCUT2D eigenvalue weighted by molar-refractivity contribution is 7.89. The van der Waals surface area contributed by atoms with Crippen LogP contribution in [0.1, 0.15) is 36.9 Å². The largest absolute Gasteiger partial charge is 0.360 e. The van der Waals surface area contributed by atoms with E-state index in [0.717, 1.165) is 18.5 Å². The number of aromatic nitrogens is 3. The van der Waals surface area contributed by atoms with Gasteiger partial charge in [-0.1, -0.05) is 12.1 Å². The van der Waals surface area contributed by atoms with Gasteiger partial charge in [0.1, 0.15) is 10.6 Å². The van der Waals surface area contributed by atoms with Gasteiger partial charge in [0.15, 0.2) is 5.76 Å². The molecule has 0 radical (unpaired) electrons. The van der Waals surface area contributed by atoms with Crippen LogP contribution in [0.2, 0.25) is 0 Å². The Morgan fingerprint density at radius 2 is 2.18 bits per heavy atom. The number of piperidine rings is 1. The first-order valence-electron chi connectivity index (χ1n) is 7.27. The van der Waals surface area contributed by atoms with Crippen molar-refractivity contribution in [2.45, 2.75) is 43.9 Å². The molecule has 0 unspecified atom stereocenters. The van der Waals surface area contributed by atoms with E-state index in [1.165, 1.54) is 4.31 Å². The van der Waals surface area contributed by atoms with E-state index in [1.54, 1.807) is 20.0 Å². The van der Waals surface area contributed by atoms with Crippen molar-refractivity contribution in [2.24, 2.45) is 0 Å². The van der Waals surface area contributed by atoms with Crippen molar-refractivity contribution in [1.82, 2.24) is 19.7 Å². The zero-order chi connectivity index (χ0) is 16.0. The summed E-state index contributed by atoms with van der Waals surface area (Å²) in [5, 5.41) is 10.7. The van der Waals surface area contributed by atoms with Gasteiger partial charge in [-0.3, -0.25) is 5.10 Å². The molecule has 2 aromatic heterocycles. The molecule has 1 N–H and O–H groups in total. The molecule has 0 aromatic carbocycles. The van der Waals surface area contributed by atoms with E-state index in [2.05, 4.69) is 22.3 Å². The second kappa shape index (κ2) is 5.20. The van der Waals surface area contributed by atoms with Crippen LogP contribution in [-0.2, 0) is 15.4 Å². The van der Waals surface area contributed by atoms with Crippen molar-refractivity contribution in [2.75, 3.05) is 13.1 Å². The van der Waals surface area contributed by atoms with E-state index < -0.39 is 10.0 Å². The summed E-state index contributed by atoms with van der Waals surface area (Å²) in [6, 6.07) is 1.91. The van der Waals surface area contributed by atoms with Crippen LogP contribution in [0.25, 0.3) is 0 Å². The van der Waals surface area contributed by atoms with Gasteiger partial charge in [-0.15, -0.1) is 0 Å². The molecule has 1 fully saturated rings. The molecular weight excluding hydrogens is 304 g/mol. The van der Waals surface area contributed by atoms with Gasteiger partial charge in [-0.25, -0.2) is 8.42 Å². The van der Waals surface area contributed by atoms with Crippen LogP contribution >= 0.6 is 0 Å². The molecular formula is C14H20N4O3S. The average Bonchev–Trinajstić information content (AvgIpc) is 3.09. The Bertz CT molecular complexity index is 747. The maximum atomic E-state index is 12.9. The molecule has 0 spiro atoms. The Labute approximate surface area is 129 Å². The summed E-state index contributed by atoms with van der Waals surface area (Å²) in [5.41, 5.74) is 1.11. The standard InChI is InChI=1S/C14H20N4O3S/c1-10-13(11(2)21-17-10)22(19,20)18-8-4-6-14(3,9-18)12-5-7-15-16-12/h5,7H,4,6,8-9H2,1-3H3,(H,15,16)/t14-/m1/s1. The molecule has 0 amide bonds. The van der Waals surface area contributed by atoms with E-state index in [-0.39, 0.29) is 10.3 Å². The highest BCUT2D eigenvalue weighted by atomic mass is 32.2. The Kier molecular flexibility index (Phi) is 3.60. The minimum atomic E-state index is -3.60. The zero-order valence-electron chi connectivity index (χ0n) is 13.0. The maximum Gasteiger partial charge on any atom is 0.248 e. The van der Waals surface area contributed by atoms with Crippen molar-refractivity contribution >= 4 is 10.0 Å². The van der Waals surface area contributed by atoms with Crippen LogP contribution in [0.15, 0.2) is 21.7 Å². The number of hydrogen-bond donors (Lipinski definition) is 1. The minimum absolute atomic E-state index is 0.196. The lowest BCUT2D eigenvalue weighted by molar-refractivity contribution is 0.236. The fourth-order valence-electron chi connectivity index (χ4n) is 3.18. The van der Waals surface area contributed by atoms with Crippen molar-refractivity contribution in [1.29, 1.82) is 0 Å². The van der Waals surface area contributed by atoms with E-state index >= 15 is 0 Å². The summed E-state index contributed by atoms with van der Waals surface area (Å²) in [5.74, 6) is 0.339. The number of sulfonamides is 1. The number of aromatic amines is 1. The Morgan fingerprint density at radius 1 is 1.41 bits per heavy atom. The number of nitrogens with zero attached hydrogens (tertiary/aromatic N) is 3. The monoisotopic (exact) mass is 324 g/mol. The molecule has 120 valence electrons. The zero-order valence-corrected chi connectivity index (χ0v) is 13.8. The van der Waals surface area contributed by atoms with E-state index in [0.29, 0.717) is 24.5 Å². The molecule has 0 saturated carbocycles. The van der Waals surface area contributed by atoms with Crippen molar-refractivity contribution in [3.63, 3.8) is 0 Å². The Morgan fingerprint density at radius 3 is 2.77 bits per heavy atom. The van der Waals surface area contributed by atoms with E-state index in [9.17, 15) is 8.42 Å². The first-order chi connectivity index (χ1) is 10.3. The second-order valence-corrected chi connectivity index (χ2v) is 8.00. The number of rotatable bonds is 3. The molecule has 1 aliphatic heterocycles. The van der Waals surface area contributed by atoms with Gasteiger partial charge in [0.05, 0.1) is 0 Å². The third kappa shape index (κ3) is 2.36. The molecule has 8 heteroatoms. The summed E-state index contributed by atoms with van der Waals surface area (Å²) in [6.45, 7) is 6.28. The van der Waals surface area contributed by atoms with Crippen LogP contribution in [0.5, 0.6) is 0 Å². The van der Waals surface area contributed by atoms with Crippen LogP contribution in [0.4, 0.5) is 0 Å². The van der Waals surface area contributed by atoms with Crippen LogP contribution in [0.3, 0.4) is 0 Å². The maximum absolute atomic E-state index is 12.9. The Balaban J connectivity index is 1.95. The predicted octanol–water partition coefficient (Wildman–Crippen LogP) is 1.76. The van der Waals surface area contributed by atoms with Crippen molar-refractivity contribution < 1.29 is 12.9 Å². The smallest absolute Gasteiger partial charge is 0.248 e. The molecule has 2 aromatic rings. The SMILES string of the molecule is Cc1noc(C)c1S(=O)(=O)N1CCC[C@@](C)(c2ccn[nH]2)C1. The van der Waals surface area contributed by atoms with Crippen molar-refractivity contribution in [3.05, 3.63) is 29.4 Å². The summed E-state index contributed by atoms with van der Waals surface area (Å²) in [7, 11) is -3.60. The first-order valence-corrected chi connectivity index (χ1v) is 8.71. The lowest BCUT2D eigenvalue weighted by atomic mass is 9.80. The lowest BCUT2D eigenvalue weighted by Gasteiger charge is -2.38. The molecule has 0 aliphatic carbocycles. The quantitative estimate of drug-likeness (QED) is 0.928. The number of H-pyrrole nitrogens is 1. The summed E-state index contributed by atoms with van der Waals surface area (Å²) >= 11 is 0. The van der Waals surface area contributed by atoms with Crippen molar-refractivity contribution in [3.8, 4) is 0 Å². The minimum Gasteiger partial charge on any atom is -0.360 e. The van der Waals surface area contributed by atoms with Crippen LogP contribution < -0.4 is 0 Å². The van der Waals surface area contributed by atoms with E-state index in [4.69, 9.17) is 4.52 Å². The normalized spacial score (nSPS) is 23.8. The third-order valence-electron chi connectivity index (χ3n) is 4.38. The predicted molar refractivity (Wildman–Crippen MR) is 79.9 cm³/mol. The van der Waals surface area contributed by atoms with Gasteiger partial charge >= 0.3 is 0 Å².